The molecule has 5 nitrogen and oxygen atoms in total. The van der Waals surface area contributed by atoms with E-state index in [4.69, 9.17) is 0 Å². The second-order valence-electron chi connectivity index (χ2n) is 5.78. The SMILES string of the molecule is CNCC1CCCN(S(=O)(=O)NC(C)(C)C)C1. The van der Waals surface area contributed by atoms with Crippen LogP contribution in [0.25, 0.3) is 0 Å². The lowest BCUT2D eigenvalue weighted by atomic mass is 10.00. The smallest absolute Gasteiger partial charge is 0.279 e. The van der Waals surface area contributed by atoms with Gasteiger partial charge in [-0.3, -0.25) is 0 Å². The predicted octanol–water partition coefficient (Wildman–Crippen LogP) is 0.551. The molecule has 17 heavy (non-hydrogen) atoms. The van der Waals surface area contributed by atoms with Gasteiger partial charge < -0.3 is 5.32 Å². The van der Waals surface area contributed by atoms with Crippen LogP contribution in [0.5, 0.6) is 0 Å². The Morgan fingerprint density at radius 3 is 2.53 bits per heavy atom. The summed E-state index contributed by atoms with van der Waals surface area (Å²) in [4.78, 5) is 0. The summed E-state index contributed by atoms with van der Waals surface area (Å²) in [5, 5.41) is 3.12. The molecule has 1 aliphatic rings. The minimum absolute atomic E-state index is 0.422. The van der Waals surface area contributed by atoms with Crippen LogP contribution in [0, 0.1) is 5.92 Å². The van der Waals surface area contributed by atoms with Crippen LogP contribution in [-0.2, 0) is 10.2 Å². The normalized spacial score (nSPS) is 23.9. The third-order valence-corrected chi connectivity index (χ3v) is 4.63. The number of hydrogen-bond acceptors (Lipinski definition) is 3. The van der Waals surface area contributed by atoms with Crippen LogP contribution in [0.2, 0.25) is 0 Å². The molecule has 1 rings (SSSR count). The standard InChI is InChI=1S/C11H25N3O2S/c1-11(2,3)13-17(15,16)14-7-5-6-10(9-14)8-12-4/h10,12-13H,5-9H2,1-4H3. The van der Waals surface area contributed by atoms with Gasteiger partial charge in [0.05, 0.1) is 0 Å². The highest BCUT2D eigenvalue weighted by atomic mass is 32.2. The molecule has 1 aliphatic heterocycles. The summed E-state index contributed by atoms with van der Waals surface area (Å²) in [6, 6.07) is 0. The van der Waals surface area contributed by atoms with E-state index in [1.807, 2.05) is 27.8 Å². The van der Waals surface area contributed by atoms with E-state index < -0.39 is 15.7 Å². The minimum atomic E-state index is -3.34. The Kier molecular flexibility index (Phi) is 4.95. The fraction of sp³-hybridized carbons (Fsp3) is 1.00. The van der Waals surface area contributed by atoms with Crippen molar-refractivity contribution in [2.24, 2.45) is 5.92 Å². The molecule has 1 atom stereocenters. The summed E-state index contributed by atoms with van der Waals surface area (Å²) in [5.74, 6) is 0.422. The molecule has 1 saturated heterocycles. The molecule has 0 aromatic carbocycles. The molecule has 1 heterocycles. The minimum Gasteiger partial charge on any atom is -0.319 e. The van der Waals surface area contributed by atoms with Gasteiger partial charge in [0.2, 0.25) is 0 Å². The van der Waals surface area contributed by atoms with E-state index in [9.17, 15) is 8.42 Å². The van der Waals surface area contributed by atoms with Gasteiger partial charge in [-0.1, -0.05) is 0 Å². The summed E-state index contributed by atoms with van der Waals surface area (Å²) < 4.78 is 28.6. The molecule has 0 aromatic heterocycles. The Balaban J connectivity index is 2.65. The highest BCUT2D eigenvalue weighted by molar-refractivity contribution is 7.87. The Hall–Kier alpha value is -0.170. The first-order chi connectivity index (χ1) is 7.74. The summed E-state index contributed by atoms with van der Waals surface area (Å²) in [6.45, 7) is 7.71. The number of piperidine rings is 1. The summed E-state index contributed by atoms with van der Waals surface area (Å²) in [7, 11) is -1.43. The van der Waals surface area contributed by atoms with Gasteiger partial charge in [-0.25, -0.2) is 0 Å². The molecule has 102 valence electrons. The van der Waals surface area contributed by atoms with Crippen LogP contribution in [0.4, 0.5) is 0 Å². The Morgan fingerprint density at radius 1 is 1.35 bits per heavy atom. The van der Waals surface area contributed by atoms with Crippen molar-refractivity contribution in [3.05, 3.63) is 0 Å². The molecular weight excluding hydrogens is 238 g/mol. The molecule has 0 radical (unpaired) electrons. The van der Waals surface area contributed by atoms with Gasteiger partial charge >= 0.3 is 0 Å². The largest absolute Gasteiger partial charge is 0.319 e. The number of rotatable bonds is 4. The molecule has 0 bridgehead atoms. The lowest BCUT2D eigenvalue weighted by Crippen LogP contribution is -2.52. The second-order valence-corrected chi connectivity index (χ2v) is 7.45. The molecule has 6 heteroatoms. The van der Waals surface area contributed by atoms with Gasteiger partial charge in [-0.2, -0.15) is 17.4 Å². The Bertz CT molecular complexity index is 333. The van der Waals surface area contributed by atoms with Crippen molar-refractivity contribution in [2.45, 2.75) is 39.2 Å². The van der Waals surface area contributed by atoms with Crippen LogP contribution >= 0.6 is 0 Å². The highest BCUT2D eigenvalue weighted by Crippen LogP contribution is 2.19. The van der Waals surface area contributed by atoms with Crippen LogP contribution in [0.3, 0.4) is 0 Å². The monoisotopic (exact) mass is 263 g/mol. The van der Waals surface area contributed by atoms with Crippen LogP contribution < -0.4 is 10.0 Å². The lowest BCUT2D eigenvalue weighted by molar-refractivity contribution is 0.257. The molecule has 0 saturated carbocycles. The van der Waals surface area contributed by atoms with Gasteiger partial charge in [0.1, 0.15) is 0 Å². The lowest BCUT2D eigenvalue weighted by Gasteiger charge is -2.34. The number of hydrogen-bond donors (Lipinski definition) is 2. The number of nitrogens with zero attached hydrogens (tertiary/aromatic N) is 1. The predicted molar refractivity (Wildman–Crippen MR) is 70.0 cm³/mol. The van der Waals surface area contributed by atoms with Crippen LogP contribution in [-0.4, -0.2) is 44.9 Å². The topological polar surface area (TPSA) is 61.4 Å². The average molecular weight is 263 g/mol. The maximum absolute atomic E-state index is 12.1. The average Bonchev–Trinajstić information content (AvgIpc) is 2.15. The van der Waals surface area contributed by atoms with E-state index in [1.165, 1.54) is 0 Å². The van der Waals surface area contributed by atoms with Crippen molar-refractivity contribution in [3.8, 4) is 0 Å². The first kappa shape index (κ1) is 14.9. The second kappa shape index (κ2) is 5.65. The molecule has 1 unspecified atom stereocenters. The van der Waals surface area contributed by atoms with E-state index in [-0.39, 0.29) is 0 Å². The summed E-state index contributed by atoms with van der Waals surface area (Å²) in [6.07, 6.45) is 2.04. The third-order valence-electron chi connectivity index (χ3n) is 2.75. The Morgan fingerprint density at radius 2 is 2.00 bits per heavy atom. The van der Waals surface area contributed by atoms with Crippen molar-refractivity contribution >= 4 is 10.2 Å². The van der Waals surface area contributed by atoms with E-state index in [2.05, 4.69) is 10.0 Å². The van der Waals surface area contributed by atoms with Gasteiger partial charge in [-0.15, -0.1) is 0 Å². The zero-order valence-corrected chi connectivity index (χ0v) is 12.1. The van der Waals surface area contributed by atoms with Crippen molar-refractivity contribution in [1.82, 2.24) is 14.3 Å². The van der Waals surface area contributed by atoms with E-state index in [0.717, 1.165) is 19.4 Å². The quantitative estimate of drug-likeness (QED) is 0.779. The molecule has 0 aliphatic carbocycles. The maximum Gasteiger partial charge on any atom is 0.279 e. The number of nitrogens with one attached hydrogen (secondary N) is 2. The van der Waals surface area contributed by atoms with E-state index in [0.29, 0.717) is 19.0 Å². The van der Waals surface area contributed by atoms with Gasteiger partial charge in [0.25, 0.3) is 10.2 Å². The molecule has 0 aromatic rings. The first-order valence-electron chi connectivity index (χ1n) is 6.18. The summed E-state index contributed by atoms with van der Waals surface area (Å²) in [5.41, 5.74) is -0.422. The van der Waals surface area contributed by atoms with Crippen molar-refractivity contribution in [1.29, 1.82) is 0 Å². The van der Waals surface area contributed by atoms with Crippen molar-refractivity contribution < 1.29 is 8.42 Å². The molecule has 1 fully saturated rings. The van der Waals surface area contributed by atoms with Gasteiger partial charge in [0.15, 0.2) is 0 Å². The first-order valence-corrected chi connectivity index (χ1v) is 7.62. The zero-order chi connectivity index (χ0) is 13.1. The molecule has 0 amide bonds. The Labute approximate surface area is 105 Å². The molecular formula is C11H25N3O2S. The van der Waals surface area contributed by atoms with Crippen molar-refractivity contribution in [2.75, 3.05) is 26.7 Å². The summed E-state index contributed by atoms with van der Waals surface area (Å²) >= 11 is 0. The maximum atomic E-state index is 12.1. The zero-order valence-electron chi connectivity index (χ0n) is 11.3. The van der Waals surface area contributed by atoms with Crippen LogP contribution in [0.15, 0.2) is 0 Å². The fourth-order valence-corrected chi connectivity index (χ4v) is 3.83. The fourth-order valence-electron chi connectivity index (χ4n) is 2.15. The van der Waals surface area contributed by atoms with E-state index >= 15 is 0 Å². The van der Waals surface area contributed by atoms with Crippen LogP contribution in [0.1, 0.15) is 33.6 Å². The molecule has 2 N–H and O–H groups in total. The van der Waals surface area contributed by atoms with Gasteiger partial charge in [-0.05, 0) is 53.1 Å². The molecule has 0 spiro atoms. The van der Waals surface area contributed by atoms with E-state index in [1.54, 1.807) is 4.31 Å². The highest BCUT2D eigenvalue weighted by Gasteiger charge is 2.31. The third kappa shape index (κ3) is 4.91. The van der Waals surface area contributed by atoms with Crippen molar-refractivity contribution in [3.63, 3.8) is 0 Å². The van der Waals surface area contributed by atoms with Gasteiger partial charge in [0, 0.05) is 18.6 Å².